The van der Waals surface area contributed by atoms with Gasteiger partial charge in [0.15, 0.2) is 0 Å². The first kappa shape index (κ1) is 16.5. The van der Waals surface area contributed by atoms with Crippen molar-refractivity contribution in [2.45, 2.75) is 13.3 Å². The molecule has 2 aromatic rings. The van der Waals surface area contributed by atoms with Crippen LogP contribution in [0, 0.1) is 6.92 Å². The number of carbonyl (C=O) groups excluding carboxylic acids is 2. The van der Waals surface area contributed by atoms with Crippen LogP contribution in [0.3, 0.4) is 0 Å². The topological polar surface area (TPSA) is 64.6 Å². The fourth-order valence-corrected chi connectivity index (χ4v) is 2.01. The Morgan fingerprint density at radius 2 is 1.78 bits per heavy atom. The summed E-state index contributed by atoms with van der Waals surface area (Å²) in [5, 5.41) is 2.55. The summed E-state index contributed by atoms with van der Waals surface area (Å²) in [6.07, 6.45) is 0.196. The Balaban J connectivity index is 1.78. The van der Waals surface area contributed by atoms with Gasteiger partial charge in [0.05, 0.1) is 13.5 Å². The summed E-state index contributed by atoms with van der Waals surface area (Å²) in [7, 11) is 1.58. The number of nitrogens with one attached hydrogen (secondary N) is 1. The smallest absolute Gasteiger partial charge is 0.330 e. The molecule has 23 heavy (non-hydrogen) atoms. The number of ether oxygens (including phenoxy) is 2. The van der Waals surface area contributed by atoms with E-state index in [9.17, 15) is 9.59 Å². The van der Waals surface area contributed by atoms with E-state index in [1.54, 1.807) is 37.4 Å². The Hall–Kier alpha value is -2.82. The van der Waals surface area contributed by atoms with Crippen LogP contribution in [0.5, 0.6) is 11.5 Å². The summed E-state index contributed by atoms with van der Waals surface area (Å²) >= 11 is 0. The molecule has 0 fully saturated rings. The van der Waals surface area contributed by atoms with Gasteiger partial charge in [-0.3, -0.25) is 4.79 Å². The van der Waals surface area contributed by atoms with E-state index >= 15 is 0 Å². The lowest BCUT2D eigenvalue weighted by Crippen LogP contribution is -2.32. The lowest BCUT2D eigenvalue weighted by atomic mass is 10.1. The Morgan fingerprint density at radius 1 is 1.04 bits per heavy atom. The highest BCUT2D eigenvalue weighted by Gasteiger charge is 2.09. The predicted octanol–water partition coefficient (Wildman–Crippen LogP) is 2.27. The van der Waals surface area contributed by atoms with Gasteiger partial charge in [-0.15, -0.1) is 0 Å². The lowest BCUT2D eigenvalue weighted by Gasteiger charge is -2.07. The Morgan fingerprint density at radius 3 is 2.43 bits per heavy atom. The second-order valence-corrected chi connectivity index (χ2v) is 5.09. The third-order valence-electron chi connectivity index (χ3n) is 3.17. The monoisotopic (exact) mass is 313 g/mol. The quantitative estimate of drug-likeness (QED) is 0.656. The number of benzene rings is 2. The molecule has 0 aromatic heterocycles. The zero-order valence-corrected chi connectivity index (χ0v) is 13.2. The highest BCUT2D eigenvalue weighted by atomic mass is 16.5. The summed E-state index contributed by atoms with van der Waals surface area (Å²) in [5.41, 5.74) is 1.84. The van der Waals surface area contributed by atoms with Crippen LogP contribution in [0.25, 0.3) is 0 Å². The van der Waals surface area contributed by atoms with Crippen molar-refractivity contribution in [3.05, 3.63) is 59.7 Å². The van der Waals surface area contributed by atoms with Gasteiger partial charge in [0.25, 0.3) is 0 Å². The Bertz CT molecular complexity index is 680. The SMILES string of the molecule is COc1ccc(CC(=O)NCC(=O)Oc2cccc(C)c2)cc1. The maximum Gasteiger partial charge on any atom is 0.330 e. The van der Waals surface area contributed by atoms with Gasteiger partial charge in [-0.2, -0.15) is 0 Å². The molecule has 0 heterocycles. The maximum absolute atomic E-state index is 11.8. The number of hydrogen-bond acceptors (Lipinski definition) is 4. The van der Waals surface area contributed by atoms with Gasteiger partial charge >= 0.3 is 5.97 Å². The van der Waals surface area contributed by atoms with Crippen LogP contribution in [-0.2, 0) is 16.0 Å². The van der Waals surface area contributed by atoms with Crippen LogP contribution >= 0.6 is 0 Å². The zero-order chi connectivity index (χ0) is 16.7. The average Bonchev–Trinajstić information content (AvgIpc) is 2.54. The Kier molecular flexibility index (Phi) is 5.74. The van der Waals surface area contributed by atoms with E-state index in [1.165, 1.54) is 0 Å². The average molecular weight is 313 g/mol. The van der Waals surface area contributed by atoms with E-state index in [4.69, 9.17) is 9.47 Å². The molecule has 2 rings (SSSR count). The minimum atomic E-state index is -0.501. The minimum absolute atomic E-state index is 0.164. The first-order valence-corrected chi connectivity index (χ1v) is 7.24. The van der Waals surface area contributed by atoms with E-state index in [0.717, 1.165) is 16.9 Å². The summed E-state index contributed by atoms with van der Waals surface area (Å²) in [5.74, 6) is 0.463. The molecule has 0 bridgehead atoms. The molecule has 0 saturated heterocycles. The molecule has 0 aliphatic carbocycles. The van der Waals surface area contributed by atoms with Crippen LogP contribution in [0.15, 0.2) is 48.5 Å². The van der Waals surface area contributed by atoms with Gasteiger partial charge in [0.1, 0.15) is 18.0 Å². The van der Waals surface area contributed by atoms with Gasteiger partial charge in [-0.25, -0.2) is 4.79 Å². The molecule has 0 unspecified atom stereocenters. The van der Waals surface area contributed by atoms with Crippen LogP contribution in [-0.4, -0.2) is 25.5 Å². The fraction of sp³-hybridized carbons (Fsp3) is 0.222. The van der Waals surface area contributed by atoms with Gasteiger partial charge in [-0.1, -0.05) is 24.3 Å². The van der Waals surface area contributed by atoms with E-state index < -0.39 is 5.97 Å². The molecule has 120 valence electrons. The van der Waals surface area contributed by atoms with Crippen LogP contribution in [0.4, 0.5) is 0 Å². The third kappa shape index (κ3) is 5.47. The van der Waals surface area contributed by atoms with Crippen molar-refractivity contribution in [1.29, 1.82) is 0 Å². The van der Waals surface area contributed by atoms with Crippen molar-refractivity contribution < 1.29 is 19.1 Å². The van der Waals surface area contributed by atoms with E-state index in [0.29, 0.717) is 5.75 Å². The largest absolute Gasteiger partial charge is 0.497 e. The zero-order valence-electron chi connectivity index (χ0n) is 13.2. The van der Waals surface area contributed by atoms with Crippen molar-refractivity contribution in [2.24, 2.45) is 0 Å². The molecule has 0 saturated carbocycles. The number of aryl methyl sites for hydroxylation is 1. The molecule has 0 spiro atoms. The number of esters is 1. The molecule has 1 N–H and O–H groups in total. The fourth-order valence-electron chi connectivity index (χ4n) is 2.01. The molecule has 5 heteroatoms. The maximum atomic E-state index is 11.8. The highest BCUT2D eigenvalue weighted by molar-refractivity contribution is 5.84. The number of hydrogen-bond donors (Lipinski definition) is 1. The standard InChI is InChI=1S/C18H19NO4/c1-13-4-3-5-16(10-13)23-18(21)12-19-17(20)11-14-6-8-15(22-2)9-7-14/h3-10H,11-12H2,1-2H3,(H,19,20). The summed E-state index contributed by atoms with van der Waals surface area (Å²) < 4.78 is 10.2. The van der Waals surface area contributed by atoms with Crippen molar-refractivity contribution in [1.82, 2.24) is 5.32 Å². The van der Waals surface area contributed by atoms with Crippen LogP contribution in [0.2, 0.25) is 0 Å². The number of amides is 1. The molecule has 0 radical (unpaired) electrons. The minimum Gasteiger partial charge on any atom is -0.497 e. The summed E-state index contributed by atoms with van der Waals surface area (Å²) in [4.78, 5) is 23.5. The van der Waals surface area contributed by atoms with Gasteiger partial charge in [-0.05, 0) is 42.3 Å². The Labute approximate surface area is 135 Å². The van der Waals surface area contributed by atoms with Crippen molar-refractivity contribution in [2.75, 3.05) is 13.7 Å². The molecular formula is C18H19NO4. The van der Waals surface area contributed by atoms with Crippen molar-refractivity contribution >= 4 is 11.9 Å². The molecule has 2 aromatic carbocycles. The van der Waals surface area contributed by atoms with Crippen molar-refractivity contribution in [3.63, 3.8) is 0 Å². The molecule has 1 amide bonds. The van der Waals surface area contributed by atoms with E-state index in [-0.39, 0.29) is 18.9 Å². The first-order chi connectivity index (χ1) is 11.1. The third-order valence-corrected chi connectivity index (χ3v) is 3.17. The van der Waals surface area contributed by atoms with Crippen molar-refractivity contribution in [3.8, 4) is 11.5 Å². The van der Waals surface area contributed by atoms with Gasteiger partial charge < -0.3 is 14.8 Å². The first-order valence-electron chi connectivity index (χ1n) is 7.24. The van der Waals surface area contributed by atoms with Crippen LogP contribution < -0.4 is 14.8 Å². The van der Waals surface area contributed by atoms with E-state index in [1.807, 2.05) is 25.1 Å². The van der Waals surface area contributed by atoms with Gasteiger partial charge in [0, 0.05) is 0 Å². The van der Waals surface area contributed by atoms with E-state index in [2.05, 4.69) is 5.32 Å². The molecule has 0 aliphatic rings. The molecule has 5 nitrogen and oxygen atoms in total. The number of carbonyl (C=O) groups is 2. The second kappa shape index (κ2) is 7.98. The second-order valence-electron chi connectivity index (χ2n) is 5.09. The molecular weight excluding hydrogens is 294 g/mol. The molecule has 0 aliphatic heterocycles. The molecule has 0 atom stereocenters. The normalized spacial score (nSPS) is 10.0. The summed E-state index contributed by atoms with van der Waals surface area (Å²) in [6.45, 7) is 1.75. The van der Waals surface area contributed by atoms with Crippen LogP contribution in [0.1, 0.15) is 11.1 Å². The number of methoxy groups -OCH3 is 1. The predicted molar refractivity (Wildman–Crippen MR) is 86.5 cm³/mol. The lowest BCUT2D eigenvalue weighted by molar-refractivity contribution is -0.135. The van der Waals surface area contributed by atoms with Gasteiger partial charge in [0.2, 0.25) is 5.91 Å². The number of rotatable bonds is 6. The highest BCUT2D eigenvalue weighted by Crippen LogP contribution is 2.13. The summed E-state index contributed by atoms with van der Waals surface area (Å²) in [6, 6.07) is 14.4.